The summed E-state index contributed by atoms with van der Waals surface area (Å²) in [6.45, 7) is 4.47. The zero-order valence-electron chi connectivity index (χ0n) is 15.1. The Morgan fingerprint density at radius 3 is 2.54 bits per heavy atom. The molecular weight excluding hydrogens is 331 g/mol. The van der Waals surface area contributed by atoms with Gasteiger partial charge in [0.15, 0.2) is 18.2 Å². The highest BCUT2D eigenvalue weighted by Gasteiger charge is 2.24. The van der Waals surface area contributed by atoms with Crippen LogP contribution in [0.5, 0.6) is 5.75 Å². The van der Waals surface area contributed by atoms with E-state index in [2.05, 4.69) is 41.4 Å². The second kappa shape index (κ2) is 8.81. The molecule has 26 heavy (non-hydrogen) atoms. The molecule has 1 unspecified atom stereocenters. The normalized spacial score (nSPS) is 15.6. The zero-order valence-corrected chi connectivity index (χ0v) is 15.1. The van der Waals surface area contributed by atoms with E-state index in [-0.39, 0.29) is 24.3 Å². The van der Waals surface area contributed by atoms with Crippen LogP contribution in [0, 0.1) is 12.7 Å². The van der Waals surface area contributed by atoms with Gasteiger partial charge in [0.25, 0.3) is 5.91 Å². The quantitative estimate of drug-likeness (QED) is 0.826. The molecule has 1 heterocycles. The lowest BCUT2D eigenvalue weighted by atomic mass is 10.0. The number of halogens is 1. The first kappa shape index (κ1) is 18.4. The summed E-state index contributed by atoms with van der Waals surface area (Å²) in [5.41, 5.74) is 2.42. The van der Waals surface area contributed by atoms with Crippen LogP contribution >= 0.6 is 0 Å². The Morgan fingerprint density at radius 2 is 1.85 bits per heavy atom. The third-order valence-electron chi connectivity index (χ3n) is 4.73. The molecular formula is C21H25FN2O2. The molecule has 0 aromatic heterocycles. The molecule has 1 N–H and O–H groups in total. The van der Waals surface area contributed by atoms with Gasteiger partial charge >= 0.3 is 0 Å². The molecule has 2 aromatic rings. The summed E-state index contributed by atoms with van der Waals surface area (Å²) < 4.78 is 18.8. The van der Waals surface area contributed by atoms with E-state index in [0.29, 0.717) is 6.54 Å². The van der Waals surface area contributed by atoms with E-state index in [9.17, 15) is 9.18 Å². The van der Waals surface area contributed by atoms with Crippen LogP contribution < -0.4 is 10.1 Å². The van der Waals surface area contributed by atoms with Crippen molar-refractivity contribution in [2.24, 2.45) is 0 Å². The first-order valence-corrected chi connectivity index (χ1v) is 9.08. The van der Waals surface area contributed by atoms with E-state index in [0.717, 1.165) is 13.1 Å². The molecule has 1 aliphatic heterocycles. The van der Waals surface area contributed by atoms with Gasteiger partial charge < -0.3 is 10.1 Å². The lowest BCUT2D eigenvalue weighted by Crippen LogP contribution is -2.38. The summed E-state index contributed by atoms with van der Waals surface area (Å²) in [6, 6.07) is 14.7. The summed E-state index contributed by atoms with van der Waals surface area (Å²) in [5, 5.41) is 2.93. The molecule has 0 aliphatic carbocycles. The molecule has 0 saturated carbocycles. The maximum absolute atomic E-state index is 13.5. The van der Waals surface area contributed by atoms with Gasteiger partial charge in [-0.25, -0.2) is 4.39 Å². The number of carbonyl (C=O) groups excluding carboxylic acids is 1. The summed E-state index contributed by atoms with van der Waals surface area (Å²) in [4.78, 5) is 14.6. The van der Waals surface area contributed by atoms with Crippen LogP contribution in [0.15, 0.2) is 48.5 Å². The van der Waals surface area contributed by atoms with Gasteiger partial charge in [0.05, 0.1) is 6.04 Å². The number of para-hydroxylation sites is 1. The van der Waals surface area contributed by atoms with Crippen molar-refractivity contribution in [3.05, 3.63) is 65.5 Å². The average Bonchev–Trinajstić information content (AvgIpc) is 3.17. The standard InChI is InChI=1S/C21H25FN2O2/c1-16-8-10-17(11-9-16)19(24-12-4-5-13-24)14-23-21(25)15-26-20-7-3-2-6-18(20)22/h2-3,6-11,19H,4-5,12-15H2,1H3,(H,23,25). The molecule has 1 atom stereocenters. The Bertz CT molecular complexity index is 727. The number of carbonyl (C=O) groups is 1. The molecule has 1 fully saturated rings. The minimum absolute atomic E-state index is 0.0947. The highest BCUT2D eigenvalue weighted by Crippen LogP contribution is 2.25. The Kier molecular flexibility index (Phi) is 6.23. The summed E-state index contributed by atoms with van der Waals surface area (Å²) in [5.74, 6) is -0.614. The van der Waals surface area contributed by atoms with Crippen molar-refractivity contribution >= 4 is 5.91 Å². The maximum Gasteiger partial charge on any atom is 0.258 e. The van der Waals surface area contributed by atoms with Crippen molar-refractivity contribution in [1.29, 1.82) is 0 Å². The molecule has 0 bridgehead atoms. The molecule has 0 radical (unpaired) electrons. The Balaban J connectivity index is 1.57. The Morgan fingerprint density at radius 1 is 1.15 bits per heavy atom. The fraction of sp³-hybridized carbons (Fsp3) is 0.381. The minimum Gasteiger partial charge on any atom is -0.481 e. The van der Waals surface area contributed by atoms with Crippen LogP contribution in [0.2, 0.25) is 0 Å². The van der Waals surface area contributed by atoms with Crippen LogP contribution in [-0.2, 0) is 4.79 Å². The highest BCUT2D eigenvalue weighted by atomic mass is 19.1. The van der Waals surface area contributed by atoms with Gasteiger partial charge in [-0.2, -0.15) is 0 Å². The number of hydrogen-bond acceptors (Lipinski definition) is 3. The van der Waals surface area contributed by atoms with Crippen molar-refractivity contribution in [2.75, 3.05) is 26.2 Å². The number of likely N-dealkylation sites (tertiary alicyclic amines) is 1. The van der Waals surface area contributed by atoms with Crippen molar-refractivity contribution in [1.82, 2.24) is 10.2 Å². The minimum atomic E-state index is -0.463. The maximum atomic E-state index is 13.5. The number of amides is 1. The van der Waals surface area contributed by atoms with Gasteiger partial charge in [0.2, 0.25) is 0 Å². The van der Waals surface area contributed by atoms with Crippen LogP contribution in [0.3, 0.4) is 0 Å². The van der Waals surface area contributed by atoms with Crippen LogP contribution in [-0.4, -0.2) is 37.0 Å². The van der Waals surface area contributed by atoms with Gasteiger partial charge in [0, 0.05) is 6.54 Å². The molecule has 1 saturated heterocycles. The largest absolute Gasteiger partial charge is 0.481 e. The molecule has 1 aliphatic rings. The van der Waals surface area contributed by atoms with E-state index in [1.807, 2.05) is 0 Å². The molecule has 1 amide bonds. The highest BCUT2D eigenvalue weighted by molar-refractivity contribution is 5.77. The number of aryl methyl sites for hydroxylation is 1. The predicted molar refractivity (Wildman–Crippen MR) is 99.6 cm³/mol. The fourth-order valence-electron chi connectivity index (χ4n) is 3.27. The number of nitrogens with zero attached hydrogens (tertiary/aromatic N) is 1. The van der Waals surface area contributed by atoms with Gasteiger partial charge in [-0.05, 0) is 50.6 Å². The lowest BCUT2D eigenvalue weighted by Gasteiger charge is -2.28. The Hall–Kier alpha value is -2.40. The van der Waals surface area contributed by atoms with Crippen LogP contribution in [0.25, 0.3) is 0 Å². The van der Waals surface area contributed by atoms with Gasteiger partial charge in [-0.15, -0.1) is 0 Å². The summed E-state index contributed by atoms with van der Waals surface area (Å²) >= 11 is 0. The van der Waals surface area contributed by atoms with E-state index in [1.165, 1.54) is 36.1 Å². The topological polar surface area (TPSA) is 41.6 Å². The number of ether oxygens (including phenoxy) is 1. The number of nitrogens with one attached hydrogen (secondary N) is 1. The zero-order chi connectivity index (χ0) is 18.4. The molecule has 2 aromatic carbocycles. The van der Waals surface area contributed by atoms with E-state index in [4.69, 9.17) is 4.74 Å². The number of benzene rings is 2. The predicted octanol–water partition coefficient (Wildman–Crippen LogP) is 3.47. The molecule has 138 valence electrons. The second-order valence-electron chi connectivity index (χ2n) is 6.69. The Labute approximate surface area is 154 Å². The smallest absolute Gasteiger partial charge is 0.258 e. The summed E-state index contributed by atoms with van der Waals surface area (Å²) in [6.07, 6.45) is 2.37. The summed E-state index contributed by atoms with van der Waals surface area (Å²) in [7, 11) is 0. The first-order chi connectivity index (χ1) is 12.6. The van der Waals surface area contributed by atoms with Crippen molar-refractivity contribution in [3.63, 3.8) is 0 Å². The monoisotopic (exact) mass is 356 g/mol. The average molecular weight is 356 g/mol. The van der Waals surface area contributed by atoms with Gasteiger partial charge in [-0.1, -0.05) is 42.0 Å². The number of rotatable bonds is 7. The fourth-order valence-corrected chi connectivity index (χ4v) is 3.27. The third kappa shape index (κ3) is 4.82. The molecule has 4 nitrogen and oxygen atoms in total. The second-order valence-corrected chi connectivity index (χ2v) is 6.69. The lowest BCUT2D eigenvalue weighted by molar-refractivity contribution is -0.123. The van der Waals surface area contributed by atoms with E-state index >= 15 is 0 Å². The van der Waals surface area contributed by atoms with E-state index < -0.39 is 5.82 Å². The van der Waals surface area contributed by atoms with Crippen molar-refractivity contribution in [3.8, 4) is 5.75 Å². The van der Waals surface area contributed by atoms with Crippen LogP contribution in [0.1, 0.15) is 30.0 Å². The van der Waals surface area contributed by atoms with E-state index in [1.54, 1.807) is 12.1 Å². The van der Waals surface area contributed by atoms with Crippen molar-refractivity contribution in [2.45, 2.75) is 25.8 Å². The van der Waals surface area contributed by atoms with Gasteiger partial charge in [-0.3, -0.25) is 9.69 Å². The first-order valence-electron chi connectivity index (χ1n) is 9.08. The molecule has 5 heteroatoms. The molecule has 0 spiro atoms. The van der Waals surface area contributed by atoms with Crippen LogP contribution in [0.4, 0.5) is 4.39 Å². The van der Waals surface area contributed by atoms with Crippen molar-refractivity contribution < 1.29 is 13.9 Å². The molecule has 3 rings (SSSR count). The third-order valence-corrected chi connectivity index (χ3v) is 4.73. The van der Waals surface area contributed by atoms with Gasteiger partial charge in [0.1, 0.15) is 0 Å². The number of hydrogen-bond donors (Lipinski definition) is 1. The SMILES string of the molecule is Cc1ccc(C(CNC(=O)COc2ccccc2F)N2CCCC2)cc1.